The summed E-state index contributed by atoms with van der Waals surface area (Å²) >= 11 is 1.43. The number of aliphatic hydroxyl groups excluding tert-OH is 1. The van der Waals surface area contributed by atoms with Crippen LogP contribution in [0, 0.1) is 11.3 Å². The molecule has 86 valence electrons. The zero-order chi connectivity index (χ0) is 12.3. The molecular formula is C11H10N4OS. The minimum atomic E-state index is -0.0378. The molecule has 0 aromatic carbocycles. The standard InChI is InChI=1S/C11H10N4OS/c1-15-9(7-16)6-14-11(15)17-10-2-3-13-8(4-10)5-12/h2-4,6,16H,7H2,1H3. The van der Waals surface area contributed by atoms with Crippen molar-refractivity contribution in [3.05, 3.63) is 35.9 Å². The lowest BCUT2D eigenvalue weighted by Crippen LogP contribution is -1.97. The monoisotopic (exact) mass is 246 g/mol. The summed E-state index contributed by atoms with van der Waals surface area (Å²) in [5, 5.41) is 18.6. The van der Waals surface area contributed by atoms with E-state index in [-0.39, 0.29) is 6.61 Å². The molecule has 0 aliphatic rings. The fourth-order valence-electron chi connectivity index (χ4n) is 1.31. The molecule has 0 saturated carbocycles. The molecule has 0 bridgehead atoms. The summed E-state index contributed by atoms with van der Waals surface area (Å²) in [6.07, 6.45) is 3.23. The molecule has 6 heteroatoms. The summed E-state index contributed by atoms with van der Waals surface area (Å²) in [5.74, 6) is 0. The zero-order valence-corrected chi connectivity index (χ0v) is 9.98. The third-order valence-electron chi connectivity index (χ3n) is 2.26. The Morgan fingerprint density at radius 1 is 1.53 bits per heavy atom. The molecule has 0 atom stereocenters. The molecule has 0 amide bonds. The summed E-state index contributed by atoms with van der Waals surface area (Å²) in [6, 6.07) is 5.52. The average Bonchev–Trinajstić information content (AvgIpc) is 2.71. The first-order valence-electron chi connectivity index (χ1n) is 4.90. The lowest BCUT2D eigenvalue weighted by atomic mass is 10.4. The largest absolute Gasteiger partial charge is 0.390 e. The van der Waals surface area contributed by atoms with Gasteiger partial charge in [0.05, 0.1) is 18.5 Å². The number of pyridine rings is 1. The van der Waals surface area contributed by atoms with Gasteiger partial charge in [-0.25, -0.2) is 9.97 Å². The van der Waals surface area contributed by atoms with Crippen molar-refractivity contribution in [2.75, 3.05) is 0 Å². The maximum Gasteiger partial charge on any atom is 0.172 e. The maximum atomic E-state index is 9.06. The first-order chi connectivity index (χ1) is 8.24. The van der Waals surface area contributed by atoms with Crippen LogP contribution in [0.1, 0.15) is 11.4 Å². The van der Waals surface area contributed by atoms with Gasteiger partial charge in [0.25, 0.3) is 0 Å². The van der Waals surface area contributed by atoms with Gasteiger partial charge < -0.3 is 9.67 Å². The van der Waals surface area contributed by atoms with E-state index in [0.29, 0.717) is 5.69 Å². The van der Waals surface area contributed by atoms with Crippen LogP contribution < -0.4 is 0 Å². The van der Waals surface area contributed by atoms with E-state index < -0.39 is 0 Å². The van der Waals surface area contributed by atoms with E-state index in [9.17, 15) is 0 Å². The second-order valence-electron chi connectivity index (χ2n) is 3.34. The number of hydrogen-bond donors (Lipinski definition) is 1. The number of rotatable bonds is 3. The van der Waals surface area contributed by atoms with Crippen molar-refractivity contribution < 1.29 is 5.11 Å². The highest BCUT2D eigenvalue weighted by Gasteiger charge is 2.07. The molecule has 2 aromatic rings. The molecule has 2 rings (SSSR count). The first-order valence-corrected chi connectivity index (χ1v) is 5.71. The van der Waals surface area contributed by atoms with Gasteiger partial charge in [-0.3, -0.25) is 0 Å². The SMILES string of the molecule is Cn1c(CO)cnc1Sc1ccnc(C#N)c1. The second kappa shape index (κ2) is 4.99. The predicted octanol–water partition coefficient (Wildman–Crippen LogP) is 1.33. The smallest absolute Gasteiger partial charge is 0.172 e. The second-order valence-corrected chi connectivity index (χ2v) is 4.38. The van der Waals surface area contributed by atoms with E-state index in [2.05, 4.69) is 9.97 Å². The highest BCUT2D eigenvalue weighted by atomic mass is 32.2. The molecule has 0 radical (unpaired) electrons. The molecule has 5 nitrogen and oxygen atoms in total. The predicted molar refractivity (Wildman–Crippen MR) is 62.2 cm³/mol. The molecule has 2 aromatic heterocycles. The lowest BCUT2D eigenvalue weighted by molar-refractivity contribution is 0.271. The highest BCUT2D eigenvalue weighted by Crippen LogP contribution is 2.26. The summed E-state index contributed by atoms with van der Waals surface area (Å²) in [5.41, 5.74) is 1.13. The van der Waals surface area contributed by atoms with Gasteiger partial charge in [-0.2, -0.15) is 5.26 Å². The average molecular weight is 246 g/mol. The molecule has 2 heterocycles. The Kier molecular flexibility index (Phi) is 3.42. The molecule has 0 saturated heterocycles. The number of nitrogens with zero attached hydrogens (tertiary/aromatic N) is 4. The normalized spacial score (nSPS) is 10.2. The summed E-state index contributed by atoms with van der Waals surface area (Å²) in [4.78, 5) is 9.00. The van der Waals surface area contributed by atoms with Gasteiger partial charge >= 0.3 is 0 Å². The van der Waals surface area contributed by atoms with Crippen LogP contribution >= 0.6 is 11.8 Å². The van der Waals surface area contributed by atoms with Gasteiger partial charge in [0, 0.05) is 18.1 Å². The zero-order valence-electron chi connectivity index (χ0n) is 9.16. The van der Waals surface area contributed by atoms with Crippen LogP contribution in [0.3, 0.4) is 0 Å². The molecule has 1 N–H and O–H groups in total. The highest BCUT2D eigenvalue weighted by molar-refractivity contribution is 7.99. The van der Waals surface area contributed by atoms with E-state index >= 15 is 0 Å². The number of aromatic nitrogens is 3. The quantitative estimate of drug-likeness (QED) is 0.884. The summed E-state index contributed by atoms with van der Waals surface area (Å²) in [6.45, 7) is -0.0378. The van der Waals surface area contributed by atoms with Crippen molar-refractivity contribution in [2.45, 2.75) is 16.7 Å². The van der Waals surface area contributed by atoms with E-state index in [1.54, 1.807) is 18.5 Å². The Balaban J connectivity index is 2.25. The van der Waals surface area contributed by atoms with Crippen LogP contribution in [0.2, 0.25) is 0 Å². The van der Waals surface area contributed by atoms with E-state index in [4.69, 9.17) is 10.4 Å². The van der Waals surface area contributed by atoms with Gasteiger partial charge in [-0.15, -0.1) is 0 Å². The van der Waals surface area contributed by atoms with Crippen LogP contribution in [0.4, 0.5) is 0 Å². The molecule has 0 aliphatic heterocycles. The van der Waals surface area contributed by atoms with E-state index in [1.165, 1.54) is 11.8 Å². The summed E-state index contributed by atoms with van der Waals surface area (Å²) < 4.78 is 1.82. The Bertz CT molecular complexity index is 573. The van der Waals surface area contributed by atoms with Crippen LogP contribution in [0.25, 0.3) is 0 Å². The van der Waals surface area contributed by atoms with Gasteiger partial charge in [-0.05, 0) is 12.1 Å². The fourth-order valence-corrected chi connectivity index (χ4v) is 2.18. The van der Waals surface area contributed by atoms with Crippen molar-refractivity contribution in [3.8, 4) is 6.07 Å². The van der Waals surface area contributed by atoms with Gasteiger partial charge in [0.2, 0.25) is 0 Å². The van der Waals surface area contributed by atoms with Crippen molar-refractivity contribution >= 4 is 11.8 Å². The van der Waals surface area contributed by atoms with Crippen molar-refractivity contribution in [2.24, 2.45) is 7.05 Å². The molecule has 0 aliphatic carbocycles. The third kappa shape index (κ3) is 2.46. The van der Waals surface area contributed by atoms with Crippen LogP contribution in [0.15, 0.2) is 34.6 Å². The van der Waals surface area contributed by atoms with E-state index in [0.717, 1.165) is 15.7 Å². The van der Waals surface area contributed by atoms with E-state index in [1.807, 2.05) is 23.8 Å². The molecule has 17 heavy (non-hydrogen) atoms. The lowest BCUT2D eigenvalue weighted by Gasteiger charge is -2.03. The fraction of sp³-hybridized carbons (Fsp3) is 0.182. The molecular weight excluding hydrogens is 236 g/mol. The topological polar surface area (TPSA) is 74.7 Å². The van der Waals surface area contributed by atoms with Crippen LogP contribution in [0.5, 0.6) is 0 Å². The summed E-state index contributed by atoms with van der Waals surface area (Å²) in [7, 11) is 1.84. The van der Waals surface area contributed by atoms with Gasteiger partial charge in [-0.1, -0.05) is 11.8 Å². The van der Waals surface area contributed by atoms with Gasteiger partial charge in [0.15, 0.2) is 5.16 Å². The van der Waals surface area contributed by atoms with Crippen LogP contribution in [-0.4, -0.2) is 19.6 Å². The third-order valence-corrected chi connectivity index (χ3v) is 3.31. The van der Waals surface area contributed by atoms with Crippen molar-refractivity contribution in [1.82, 2.24) is 14.5 Å². The Morgan fingerprint density at radius 3 is 3.00 bits per heavy atom. The van der Waals surface area contributed by atoms with Gasteiger partial charge in [0.1, 0.15) is 11.8 Å². The van der Waals surface area contributed by atoms with Crippen molar-refractivity contribution in [1.29, 1.82) is 5.26 Å². The number of nitriles is 1. The molecule has 0 spiro atoms. The number of imidazole rings is 1. The van der Waals surface area contributed by atoms with Crippen molar-refractivity contribution in [3.63, 3.8) is 0 Å². The Morgan fingerprint density at radius 2 is 2.35 bits per heavy atom. The Labute approximate surface area is 103 Å². The molecule has 0 unspecified atom stereocenters. The van der Waals surface area contributed by atoms with Crippen LogP contribution in [-0.2, 0) is 13.7 Å². The maximum absolute atomic E-state index is 9.06. The minimum absolute atomic E-state index is 0.0378. The first kappa shape index (κ1) is 11.6. The number of aliphatic hydroxyl groups is 1. The molecule has 0 fully saturated rings. The minimum Gasteiger partial charge on any atom is -0.390 e. The number of hydrogen-bond acceptors (Lipinski definition) is 5. The Hall–Kier alpha value is -1.84.